The molecule has 1 aromatic heterocycles. The fourth-order valence-corrected chi connectivity index (χ4v) is 2.23. The molecule has 0 aliphatic rings. The molecule has 1 rings (SSSR count). The second-order valence-electron chi connectivity index (χ2n) is 6.86. The third kappa shape index (κ3) is 4.52. The Balaban J connectivity index is 2.76. The summed E-state index contributed by atoms with van der Waals surface area (Å²) in [5.74, 6) is -0.288. The molecular weight excluding hydrogens is 288 g/mol. The largest absolute Gasteiger partial charge is 0.393 e. The van der Waals surface area contributed by atoms with Crippen molar-refractivity contribution in [2.24, 2.45) is 5.41 Å². The van der Waals surface area contributed by atoms with E-state index in [-0.39, 0.29) is 17.0 Å². The fourth-order valence-electron chi connectivity index (χ4n) is 2.23. The number of amides is 1. The smallest absolute Gasteiger partial charge is 0.307 e. The number of nitro groups is 1. The summed E-state index contributed by atoms with van der Waals surface area (Å²) in [6, 6.07) is 0. The van der Waals surface area contributed by atoms with Crippen LogP contribution in [0.5, 0.6) is 0 Å². The molecule has 22 heavy (non-hydrogen) atoms. The van der Waals surface area contributed by atoms with Crippen molar-refractivity contribution in [2.75, 3.05) is 6.54 Å². The zero-order valence-electron chi connectivity index (χ0n) is 13.7. The van der Waals surface area contributed by atoms with Crippen LogP contribution in [0.2, 0.25) is 0 Å². The Morgan fingerprint density at radius 3 is 2.55 bits per heavy atom. The highest BCUT2D eigenvalue weighted by Crippen LogP contribution is 2.23. The number of nitrogens with zero attached hydrogens (tertiary/aromatic N) is 3. The van der Waals surface area contributed by atoms with Crippen molar-refractivity contribution in [3.05, 3.63) is 22.5 Å². The van der Waals surface area contributed by atoms with Gasteiger partial charge in [-0.15, -0.1) is 0 Å². The lowest BCUT2D eigenvalue weighted by Crippen LogP contribution is -2.47. The van der Waals surface area contributed by atoms with E-state index >= 15 is 0 Å². The van der Waals surface area contributed by atoms with Crippen LogP contribution >= 0.6 is 0 Å². The topological polar surface area (TPSA) is 110 Å². The van der Waals surface area contributed by atoms with Gasteiger partial charge in [0.05, 0.1) is 11.0 Å². The van der Waals surface area contributed by atoms with Crippen LogP contribution in [0.15, 0.2) is 12.4 Å². The molecule has 2 N–H and O–H groups in total. The summed E-state index contributed by atoms with van der Waals surface area (Å²) in [4.78, 5) is 22.5. The number of nitrogens with one attached hydrogen (secondary N) is 1. The number of rotatable bonds is 7. The molecule has 1 heterocycles. The van der Waals surface area contributed by atoms with E-state index in [1.54, 1.807) is 20.8 Å². The van der Waals surface area contributed by atoms with E-state index < -0.39 is 16.6 Å². The molecule has 1 amide bonds. The molecule has 0 spiro atoms. The van der Waals surface area contributed by atoms with Crippen molar-refractivity contribution in [1.29, 1.82) is 0 Å². The molecule has 0 aliphatic heterocycles. The zero-order chi connectivity index (χ0) is 17.1. The first-order chi connectivity index (χ1) is 9.95. The molecule has 1 aromatic rings. The average molecular weight is 312 g/mol. The molecule has 0 bridgehead atoms. The van der Waals surface area contributed by atoms with Gasteiger partial charge in [0.15, 0.2) is 0 Å². The quantitative estimate of drug-likeness (QED) is 0.584. The Bertz CT molecular complexity index is 549. The van der Waals surface area contributed by atoms with Crippen LogP contribution in [0, 0.1) is 15.5 Å². The maximum Gasteiger partial charge on any atom is 0.307 e. The normalized spacial score (nSPS) is 13.7. The first kappa shape index (κ1) is 18.1. The highest BCUT2D eigenvalue weighted by molar-refractivity contribution is 5.83. The average Bonchev–Trinajstić information content (AvgIpc) is 2.84. The summed E-state index contributed by atoms with van der Waals surface area (Å²) in [6.07, 6.45) is 2.46. The lowest BCUT2D eigenvalue weighted by Gasteiger charge is -2.30. The second kappa shape index (κ2) is 6.43. The highest BCUT2D eigenvalue weighted by Gasteiger charge is 2.33. The summed E-state index contributed by atoms with van der Waals surface area (Å²) < 4.78 is 1.28. The van der Waals surface area contributed by atoms with Crippen LogP contribution in [0.25, 0.3) is 0 Å². The molecule has 0 fully saturated rings. The molecule has 8 heteroatoms. The number of carbonyl (C=O) groups excluding carboxylic acids is 1. The number of aliphatic hydroxyl groups is 1. The Kier molecular flexibility index (Phi) is 5.29. The molecule has 1 atom stereocenters. The molecule has 1 unspecified atom stereocenters. The van der Waals surface area contributed by atoms with Gasteiger partial charge in [-0.2, -0.15) is 5.10 Å². The van der Waals surface area contributed by atoms with E-state index in [9.17, 15) is 20.0 Å². The Morgan fingerprint density at radius 2 is 2.09 bits per heavy atom. The predicted molar refractivity (Wildman–Crippen MR) is 81.3 cm³/mol. The van der Waals surface area contributed by atoms with Crippen LogP contribution in [0.3, 0.4) is 0 Å². The van der Waals surface area contributed by atoms with E-state index in [0.29, 0.717) is 13.0 Å². The van der Waals surface area contributed by atoms with E-state index in [1.165, 1.54) is 10.9 Å². The monoisotopic (exact) mass is 312 g/mol. The van der Waals surface area contributed by atoms with Gasteiger partial charge in [0.2, 0.25) is 5.91 Å². The summed E-state index contributed by atoms with van der Waals surface area (Å²) in [5.41, 5.74) is -1.46. The van der Waals surface area contributed by atoms with E-state index in [4.69, 9.17) is 0 Å². The number of hydrogen-bond donors (Lipinski definition) is 2. The van der Waals surface area contributed by atoms with E-state index in [2.05, 4.69) is 10.4 Å². The second-order valence-corrected chi connectivity index (χ2v) is 6.86. The van der Waals surface area contributed by atoms with Gasteiger partial charge >= 0.3 is 5.69 Å². The van der Waals surface area contributed by atoms with Gasteiger partial charge in [-0.05, 0) is 32.6 Å². The van der Waals surface area contributed by atoms with Crippen molar-refractivity contribution in [3.8, 4) is 0 Å². The summed E-state index contributed by atoms with van der Waals surface area (Å²) in [5, 5.41) is 26.9. The Morgan fingerprint density at radius 1 is 1.50 bits per heavy atom. The maximum atomic E-state index is 12.4. The van der Waals surface area contributed by atoms with Crippen molar-refractivity contribution >= 4 is 11.6 Å². The van der Waals surface area contributed by atoms with Gasteiger partial charge < -0.3 is 10.4 Å². The minimum absolute atomic E-state index is 0.157. The van der Waals surface area contributed by atoms with Gasteiger partial charge in [0.1, 0.15) is 17.9 Å². The van der Waals surface area contributed by atoms with Crippen molar-refractivity contribution < 1.29 is 14.8 Å². The van der Waals surface area contributed by atoms with Crippen molar-refractivity contribution in [3.63, 3.8) is 0 Å². The predicted octanol–water partition coefficient (Wildman–Crippen LogP) is 1.44. The Labute approximate surface area is 129 Å². The van der Waals surface area contributed by atoms with Crippen molar-refractivity contribution in [1.82, 2.24) is 15.1 Å². The molecule has 8 nitrogen and oxygen atoms in total. The van der Waals surface area contributed by atoms with E-state index in [0.717, 1.165) is 6.20 Å². The van der Waals surface area contributed by atoms with Crippen LogP contribution in [-0.2, 0) is 10.3 Å². The van der Waals surface area contributed by atoms with Crippen LogP contribution in [0.4, 0.5) is 5.69 Å². The lowest BCUT2D eigenvalue weighted by atomic mass is 9.86. The molecular formula is C14H24N4O4. The van der Waals surface area contributed by atoms with Crippen LogP contribution in [0.1, 0.15) is 41.0 Å². The van der Waals surface area contributed by atoms with Gasteiger partial charge in [0.25, 0.3) is 0 Å². The molecule has 0 saturated heterocycles. The maximum absolute atomic E-state index is 12.4. The Hall–Kier alpha value is -1.96. The van der Waals surface area contributed by atoms with Gasteiger partial charge in [-0.1, -0.05) is 13.8 Å². The number of carbonyl (C=O) groups is 1. The lowest BCUT2D eigenvalue weighted by molar-refractivity contribution is -0.385. The third-order valence-corrected chi connectivity index (χ3v) is 3.48. The minimum atomic E-state index is -1.05. The van der Waals surface area contributed by atoms with Crippen LogP contribution in [-0.4, -0.2) is 38.4 Å². The minimum Gasteiger partial charge on any atom is -0.393 e. The SMILES string of the molecule is CC(O)CC(C)(C)CNC(=O)C(C)(C)n1cc([N+](=O)[O-])cn1. The van der Waals surface area contributed by atoms with Gasteiger partial charge in [0, 0.05) is 6.54 Å². The van der Waals surface area contributed by atoms with Gasteiger partial charge in [-0.25, -0.2) is 0 Å². The third-order valence-electron chi connectivity index (χ3n) is 3.48. The zero-order valence-corrected chi connectivity index (χ0v) is 13.7. The number of aliphatic hydroxyl groups excluding tert-OH is 1. The van der Waals surface area contributed by atoms with Crippen molar-refractivity contribution in [2.45, 2.75) is 52.7 Å². The standard InChI is InChI=1S/C14H24N4O4/c1-10(19)6-13(2,3)9-15-12(20)14(4,5)17-8-11(7-16-17)18(21)22/h7-8,10,19H,6,9H2,1-5H3,(H,15,20). The first-order valence-corrected chi connectivity index (χ1v) is 7.11. The summed E-state index contributed by atoms with van der Waals surface area (Å²) >= 11 is 0. The molecule has 0 aromatic carbocycles. The number of hydrogen-bond acceptors (Lipinski definition) is 5. The van der Waals surface area contributed by atoms with Crippen LogP contribution < -0.4 is 5.32 Å². The molecule has 0 aliphatic carbocycles. The highest BCUT2D eigenvalue weighted by atomic mass is 16.6. The van der Waals surface area contributed by atoms with E-state index in [1.807, 2.05) is 13.8 Å². The molecule has 0 saturated carbocycles. The summed E-state index contributed by atoms with van der Waals surface area (Å²) in [7, 11) is 0. The fraction of sp³-hybridized carbons (Fsp3) is 0.714. The summed E-state index contributed by atoms with van der Waals surface area (Å²) in [6.45, 7) is 9.28. The molecule has 0 radical (unpaired) electrons. The first-order valence-electron chi connectivity index (χ1n) is 7.11. The van der Waals surface area contributed by atoms with Gasteiger partial charge in [-0.3, -0.25) is 19.6 Å². The molecule has 124 valence electrons. The number of aromatic nitrogens is 2.